The maximum atomic E-state index is 12.5. The zero-order valence-electron chi connectivity index (χ0n) is 17.7. The minimum atomic E-state index is -0.128. The fraction of sp³-hybridized carbons (Fsp3) is 0.458. The van der Waals surface area contributed by atoms with Gasteiger partial charge in [-0.2, -0.15) is 0 Å². The first-order valence-electron chi connectivity index (χ1n) is 10.5. The van der Waals surface area contributed by atoms with E-state index in [0.29, 0.717) is 23.6 Å². The SMILES string of the molecule is COc1cc(C(=O)NCc2ccc(CN3CCCCC3)cc2)ccc1OC(C)C. The number of piperidine rings is 1. The predicted octanol–water partition coefficient (Wildman–Crippen LogP) is 4.40. The van der Waals surface area contributed by atoms with Crippen LogP contribution in [-0.4, -0.2) is 37.1 Å². The van der Waals surface area contributed by atoms with Crippen molar-refractivity contribution in [1.82, 2.24) is 10.2 Å². The summed E-state index contributed by atoms with van der Waals surface area (Å²) in [5.74, 6) is 1.08. The molecule has 29 heavy (non-hydrogen) atoms. The van der Waals surface area contributed by atoms with Crippen molar-refractivity contribution in [3.05, 3.63) is 59.2 Å². The average molecular weight is 397 g/mol. The van der Waals surface area contributed by atoms with E-state index in [4.69, 9.17) is 9.47 Å². The Labute approximate surface area is 174 Å². The first kappa shape index (κ1) is 21.2. The van der Waals surface area contributed by atoms with Crippen LogP contribution in [0.25, 0.3) is 0 Å². The molecule has 0 spiro atoms. The number of carbonyl (C=O) groups is 1. The summed E-state index contributed by atoms with van der Waals surface area (Å²) in [7, 11) is 1.58. The molecule has 2 aromatic rings. The summed E-state index contributed by atoms with van der Waals surface area (Å²) in [5.41, 5.74) is 2.97. The van der Waals surface area contributed by atoms with Crippen LogP contribution in [0.3, 0.4) is 0 Å². The number of hydrogen-bond donors (Lipinski definition) is 1. The molecule has 1 saturated heterocycles. The van der Waals surface area contributed by atoms with Gasteiger partial charge < -0.3 is 14.8 Å². The quantitative estimate of drug-likeness (QED) is 0.719. The van der Waals surface area contributed by atoms with E-state index in [9.17, 15) is 4.79 Å². The first-order chi connectivity index (χ1) is 14.0. The highest BCUT2D eigenvalue weighted by molar-refractivity contribution is 5.94. The van der Waals surface area contributed by atoms with Crippen molar-refractivity contribution in [3.63, 3.8) is 0 Å². The number of carbonyl (C=O) groups excluding carboxylic acids is 1. The molecule has 1 fully saturated rings. The topological polar surface area (TPSA) is 50.8 Å². The van der Waals surface area contributed by atoms with Crippen molar-refractivity contribution in [2.75, 3.05) is 20.2 Å². The molecule has 0 saturated carbocycles. The van der Waals surface area contributed by atoms with Gasteiger partial charge in [0, 0.05) is 18.7 Å². The number of nitrogens with zero attached hydrogens (tertiary/aromatic N) is 1. The van der Waals surface area contributed by atoms with Crippen LogP contribution < -0.4 is 14.8 Å². The number of benzene rings is 2. The number of ether oxygens (including phenoxy) is 2. The number of nitrogens with one attached hydrogen (secondary N) is 1. The van der Waals surface area contributed by atoms with Crippen LogP contribution in [0.15, 0.2) is 42.5 Å². The monoisotopic (exact) mass is 396 g/mol. The van der Waals surface area contributed by atoms with Crippen molar-refractivity contribution in [2.24, 2.45) is 0 Å². The number of methoxy groups -OCH3 is 1. The molecular formula is C24H32N2O3. The molecule has 156 valence electrons. The lowest BCUT2D eigenvalue weighted by Crippen LogP contribution is -2.29. The molecule has 5 nitrogen and oxygen atoms in total. The maximum absolute atomic E-state index is 12.5. The van der Waals surface area contributed by atoms with Crippen molar-refractivity contribution in [2.45, 2.75) is 52.3 Å². The lowest BCUT2D eigenvalue weighted by atomic mass is 10.1. The van der Waals surface area contributed by atoms with Gasteiger partial charge in [-0.3, -0.25) is 9.69 Å². The van der Waals surface area contributed by atoms with Gasteiger partial charge in [-0.25, -0.2) is 0 Å². The summed E-state index contributed by atoms with van der Waals surface area (Å²) >= 11 is 0. The molecule has 0 unspecified atom stereocenters. The highest BCUT2D eigenvalue weighted by Crippen LogP contribution is 2.29. The van der Waals surface area contributed by atoms with E-state index >= 15 is 0 Å². The molecule has 1 N–H and O–H groups in total. The minimum Gasteiger partial charge on any atom is -0.493 e. The lowest BCUT2D eigenvalue weighted by Gasteiger charge is -2.26. The predicted molar refractivity (Wildman–Crippen MR) is 115 cm³/mol. The van der Waals surface area contributed by atoms with E-state index < -0.39 is 0 Å². The van der Waals surface area contributed by atoms with Crippen molar-refractivity contribution >= 4 is 5.91 Å². The summed E-state index contributed by atoms with van der Waals surface area (Å²) < 4.78 is 11.1. The fourth-order valence-corrected chi connectivity index (χ4v) is 3.58. The van der Waals surface area contributed by atoms with E-state index in [1.165, 1.54) is 37.9 Å². The second kappa shape index (κ2) is 10.3. The molecule has 0 aromatic heterocycles. The molecule has 1 aliphatic heterocycles. The van der Waals surface area contributed by atoms with Gasteiger partial charge in [0.05, 0.1) is 13.2 Å². The average Bonchev–Trinajstić information content (AvgIpc) is 2.73. The molecule has 5 heteroatoms. The van der Waals surface area contributed by atoms with Gasteiger partial charge in [-0.1, -0.05) is 30.7 Å². The maximum Gasteiger partial charge on any atom is 0.251 e. The van der Waals surface area contributed by atoms with Crippen LogP contribution >= 0.6 is 0 Å². The zero-order valence-corrected chi connectivity index (χ0v) is 17.7. The molecule has 0 bridgehead atoms. The van der Waals surface area contributed by atoms with Crippen LogP contribution in [0.5, 0.6) is 11.5 Å². The summed E-state index contributed by atoms with van der Waals surface area (Å²) in [6.07, 6.45) is 4.01. The summed E-state index contributed by atoms with van der Waals surface area (Å²) in [5, 5.41) is 2.98. The van der Waals surface area contributed by atoms with Gasteiger partial charge in [-0.05, 0) is 69.1 Å². The summed E-state index contributed by atoms with van der Waals surface area (Å²) in [4.78, 5) is 15.0. The third-order valence-corrected chi connectivity index (χ3v) is 5.12. The van der Waals surface area contributed by atoms with Crippen molar-refractivity contribution in [3.8, 4) is 11.5 Å². The molecule has 1 amide bonds. The summed E-state index contributed by atoms with van der Waals surface area (Å²) in [6, 6.07) is 13.8. The Morgan fingerprint density at radius 3 is 2.34 bits per heavy atom. The molecular weight excluding hydrogens is 364 g/mol. The Bertz CT molecular complexity index is 796. The Morgan fingerprint density at radius 2 is 1.69 bits per heavy atom. The Morgan fingerprint density at radius 1 is 1.00 bits per heavy atom. The molecule has 0 aliphatic carbocycles. The smallest absolute Gasteiger partial charge is 0.251 e. The van der Waals surface area contributed by atoms with Crippen LogP contribution in [0, 0.1) is 0 Å². The molecule has 0 radical (unpaired) electrons. The zero-order chi connectivity index (χ0) is 20.6. The molecule has 2 aromatic carbocycles. The number of likely N-dealkylation sites (tertiary alicyclic amines) is 1. The van der Waals surface area contributed by atoms with E-state index in [1.54, 1.807) is 25.3 Å². The van der Waals surface area contributed by atoms with Crippen LogP contribution in [0.4, 0.5) is 0 Å². The summed E-state index contributed by atoms with van der Waals surface area (Å²) in [6.45, 7) is 7.81. The fourth-order valence-electron chi connectivity index (χ4n) is 3.58. The number of rotatable bonds is 8. The van der Waals surface area contributed by atoms with E-state index in [2.05, 4.69) is 34.5 Å². The lowest BCUT2D eigenvalue weighted by molar-refractivity contribution is 0.0950. The van der Waals surface area contributed by atoms with E-state index in [-0.39, 0.29) is 12.0 Å². The van der Waals surface area contributed by atoms with E-state index in [1.807, 2.05) is 13.8 Å². The highest BCUT2D eigenvalue weighted by Gasteiger charge is 2.13. The van der Waals surface area contributed by atoms with Gasteiger partial charge in [0.15, 0.2) is 11.5 Å². The van der Waals surface area contributed by atoms with Crippen molar-refractivity contribution in [1.29, 1.82) is 0 Å². The van der Waals surface area contributed by atoms with E-state index in [0.717, 1.165) is 12.1 Å². The molecule has 1 aliphatic rings. The van der Waals surface area contributed by atoms with Crippen LogP contribution in [0.2, 0.25) is 0 Å². The Kier molecular flexibility index (Phi) is 7.53. The molecule has 0 atom stereocenters. The number of hydrogen-bond acceptors (Lipinski definition) is 4. The third-order valence-electron chi connectivity index (χ3n) is 5.12. The van der Waals surface area contributed by atoms with Crippen LogP contribution in [-0.2, 0) is 13.1 Å². The van der Waals surface area contributed by atoms with Crippen molar-refractivity contribution < 1.29 is 14.3 Å². The van der Waals surface area contributed by atoms with Gasteiger partial charge in [0.2, 0.25) is 0 Å². The van der Waals surface area contributed by atoms with Gasteiger partial charge >= 0.3 is 0 Å². The standard InChI is InChI=1S/C24H32N2O3/c1-18(2)29-22-12-11-21(15-23(22)28-3)24(27)25-16-19-7-9-20(10-8-19)17-26-13-5-4-6-14-26/h7-12,15,18H,4-6,13-14,16-17H2,1-3H3,(H,25,27). The largest absolute Gasteiger partial charge is 0.493 e. The highest BCUT2D eigenvalue weighted by atomic mass is 16.5. The van der Waals surface area contributed by atoms with Gasteiger partial charge in [0.1, 0.15) is 0 Å². The second-order valence-corrected chi connectivity index (χ2v) is 7.87. The second-order valence-electron chi connectivity index (χ2n) is 7.87. The molecule has 1 heterocycles. The minimum absolute atomic E-state index is 0.0430. The normalized spacial score (nSPS) is 14.6. The Balaban J connectivity index is 1.54. The first-order valence-corrected chi connectivity index (χ1v) is 10.5. The van der Waals surface area contributed by atoms with Gasteiger partial charge in [0.25, 0.3) is 5.91 Å². The van der Waals surface area contributed by atoms with Crippen LogP contribution in [0.1, 0.15) is 54.6 Å². The molecule has 3 rings (SSSR count). The third kappa shape index (κ3) is 6.23. The number of amides is 1. The van der Waals surface area contributed by atoms with Gasteiger partial charge in [-0.15, -0.1) is 0 Å². The Hall–Kier alpha value is -2.53.